The predicted molar refractivity (Wildman–Crippen MR) is 89.3 cm³/mol. The largest absolute Gasteiger partial charge is 0.459 e. The molecular weight excluding hydrogens is 324 g/mol. The summed E-state index contributed by atoms with van der Waals surface area (Å²) >= 11 is 0. The molecular formula is C18H18N2O5. The summed E-state index contributed by atoms with van der Waals surface area (Å²) in [5.41, 5.74) is 5.97. The van der Waals surface area contributed by atoms with Crippen molar-refractivity contribution in [3.05, 3.63) is 66.2 Å². The minimum Gasteiger partial charge on any atom is -0.459 e. The number of carbonyl (C=O) groups is 3. The molecule has 130 valence electrons. The lowest BCUT2D eigenvalue weighted by atomic mass is 10.2. The summed E-state index contributed by atoms with van der Waals surface area (Å²) in [5.74, 6) is -2.31. The minimum absolute atomic E-state index is 0.0344. The second kappa shape index (κ2) is 9.19. The third-order valence-electron chi connectivity index (χ3n) is 3.15. The van der Waals surface area contributed by atoms with E-state index in [1.807, 2.05) is 6.07 Å². The Morgan fingerprint density at radius 1 is 0.920 bits per heavy atom. The number of esters is 2. The first-order chi connectivity index (χ1) is 12.1. The average molecular weight is 342 g/mol. The van der Waals surface area contributed by atoms with Crippen molar-refractivity contribution in [1.82, 2.24) is 5.32 Å². The van der Waals surface area contributed by atoms with Crippen LogP contribution in [-0.4, -0.2) is 30.4 Å². The fourth-order valence-electron chi connectivity index (χ4n) is 1.91. The van der Waals surface area contributed by atoms with Crippen molar-refractivity contribution < 1.29 is 23.9 Å². The molecule has 0 aliphatic heterocycles. The van der Waals surface area contributed by atoms with E-state index in [0.717, 1.165) is 5.56 Å². The Balaban J connectivity index is 2.04. The molecule has 1 unspecified atom stereocenters. The number of nitrogens with one attached hydrogen (secondary N) is 1. The molecule has 0 aliphatic rings. The SMILES string of the molecule is NCC(=O)NC(C(=O)OCc1ccccc1)C(=O)Oc1ccccc1. The van der Waals surface area contributed by atoms with Gasteiger partial charge in [-0.15, -0.1) is 0 Å². The van der Waals surface area contributed by atoms with Crippen LogP contribution in [0.3, 0.4) is 0 Å². The van der Waals surface area contributed by atoms with Crippen LogP contribution < -0.4 is 15.8 Å². The number of hydrogen-bond donors (Lipinski definition) is 2. The maximum Gasteiger partial charge on any atom is 0.345 e. The minimum atomic E-state index is -1.60. The number of rotatable bonds is 7. The fraction of sp³-hybridized carbons (Fsp3) is 0.167. The van der Waals surface area contributed by atoms with E-state index in [4.69, 9.17) is 15.2 Å². The third-order valence-corrected chi connectivity index (χ3v) is 3.15. The van der Waals surface area contributed by atoms with E-state index in [1.165, 1.54) is 0 Å². The number of para-hydroxylation sites is 1. The summed E-state index contributed by atoms with van der Waals surface area (Å²) < 4.78 is 10.2. The molecule has 0 aromatic heterocycles. The first-order valence-electron chi connectivity index (χ1n) is 7.57. The molecule has 0 radical (unpaired) electrons. The molecule has 0 saturated carbocycles. The zero-order valence-corrected chi connectivity index (χ0v) is 13.4. The van der Waals surface area contributed by atoms with Crippen LogP contribution >= 0.6 is 0 Å². The van der Waals surface area contributed by atoms with Crippen molar-refractivity contribution in [1.29, 1.82) is 0 Å². The van der Waals surface area contributed by atoms with E-state index < -0.39 is 23.9 Å². The maximum absolute atomic E-state index is 12.2. The maximum atomic E-state index is 12.2. The molecule has 3 N–H and O–H groups in total. The number of ether oxygens (including phenoxy) is 2. The van der Waals surface area contributed by atoms with E-state index in [9.17, 15) is 14.4 Å². The highest BCUT2D eigenvalue weighted by Gasteiger charge is 2.31. The van der Waals surface area contributed by atoms with Gasteiger partial charge in [-0.3, -0.25) is 4.79 Å². The molecule has 7 nitrogen and oxygen atoms in total. The molecule has 0 saturated heterocycles. The lowest BCUT2D eigenvalue weighted by Crippen LogP contribution is -2.50. The van der Waals surface area contributed by atoms with Gasteiger partial charge in [0.25, 0.3) is 0 Å². The van der Waals surface area contributed by atoms with Crippen molar-refractivity contribution in [3.63, 3.8) is 0 Å². The quantitative estimate of drug-likeness (QED) is 0.437. The molecule has 2 aromatic rings. The molecule has 1 amide bonds. The number of benzene rings is 2. The Bertz CT molecular complexity index is 719. The van der Waals surface area contributed by atoms with Gasteiger partial charge in [0.1, 0.15) is 12.4 Å². The van der Waals surface area contributed by atoms with Gasteiger partial charge in [-0.2, -0.15) is 0 Å². The van der Waals surface area contributed by atoms with E-state index >= 15 is 0 Å². The topological polar surface area (TPSA) is 108 Å². The van der Waals surface area contributed by atoms with Crippen molar-refractivity contribution in [3.8, 4) is 5.75 Å². The number of carbonyl (C=O) groups excluding carboxylic acids is 3. The summed E-state index contributed by atoms with van der Waals surface area (Å²) in [4.78, 5) is 36.0. The fourth-order valence-corrected chi connectivity index (χ4v) is 1.91. The molecule has 0 aliphatic carbocycles. The Morgan fingerprint density at radius 2 is 1.52 bits per heavy atom. The van der Waals surface area contributed by atoms with Gasteiger partial charge in [-0.25, -0.2) is 9.59 Å². The number of hydrogen-bond acceptors (Lipinski definition) is 6. The lowest BCUT2D eigenvalue weighted by Gasteiger charge is -2.16. The molecule has 0 fully saturated rings. The van der Waals surface area contributed by atoms with Gasteiger partial charge < -0.3 is 20.5 Å². The summed E-state index contributed by atoms with van der Waals surface area (Å²) in [5, 5.41) is 2.21. The van der Waals surface area contributed by atoms with E-state index in [2.05, 4.69) is 5.32 Å². The molecule has 2 aromatic carbocycles. The molecule has 25 heavy (non-hydrogen) atoms. The molecule has 2 rings (SSSR count). The summed E-state index contributed by atoms with van der Waals surface area (Å²) in [6.07, 6.45) is 0. The first-order valence-corrected chi connectivity index (χ1v) is 7.57. The van der Waals surface area contributed by atoms with Crippen LogP contribution in [0.25, 0.3) is 0 Å². The molecule has 7 heteroatoms. The second-order valence-electron chi connectivity index (χ2n) is 5.03. The average Bonchev–Trinajstić information content (AvgIpc) is 2.65. The molecule has 0 spiro atoms. The first kappa shape index (κ1) is 18.2. The van der Waals surface area contributed by atoms with Crippen LogP contribution in [0, 0.1) is 0 Å². The van der Waals surface area contributed by atoms with Gasteiger partial charge in [0.15, 0.2) is 0 Å². The van der Waals surface area contributed by atoms with Gasteiger partial charge in [0.05, 0.1) is 6.54 Å². The van der Waals surface area contributed by atoms with Crippen LogP contribution in [0.4, 0.5) is 0 Å². The van der Waals surface area contributed by atoms with Gasteiger partial charge in [-0.05, 0) is 17.7 Å². The molecule has 0 bridgehead atoms. The Hall–Kier alpha value is -3.19. The summed E-state index contributed by atoms with van der Waals surface area (Å²) in [7, 11) is 0. The smallest absolute Gasteiger partial charge is 0.345 e. The Morgan fingerprint density at radius 3 is 2.12 bits per heavy atom. The summed E-state index contributed by atoms with van der Waals surface area (Å²) in [6.45, 7) is -0.408. The van der Waals surface area contributed by atoms with Crippen LogP contribution in [0.2, 0.25) is 0 Å². The van der Waals surface area contributed by atoms with Crippen molar-refractivity contribution >= 4 is 17.8 Å². The zero-order valence-electron chi connectivity index (χ0n) is 13.4. The lowest BCUT2D eigenvalue weighted by molar-refractivity contribution is -0.156. The van der Waals surface area contributed by atoms with E-state index in [0.29, 0.717) is 0 Å². The van der Waals surface area contributed by atoms with E-state index in [-0.39, 0.29) is 18.9 Å². The summed E-state index contributed by atoms with van der Waals surface area (Å²) in [6, 6.07) is 15.5. The Kier molecular flexibility index (Phi) is 6.67. The van der Waals surface area contributed by atoms with Gasteiger partial charge in [0, 0.05) is 0 Å². The zero-order chi connectivity index (χ0) is 18.1. The number of amides is 1. The van der Waals surface area contributed by atoms with Crippen molar-refractivity contribution in [2.24, 2.45) is 5.73 Å². The standard InChI is InChI=1S/C18H18N2O5/c19-11-15(21)20-16(18(23)25-14-9-5-2-6-10-14)17(22)24-12-13-7-3-1-4-8-13/h1-10,16H,11-12,19H2,(H,20,21). The van der Waals surface area contributed by atoms with Gasteiger partial charge in [-0.1, -0.05) is 48.5 Å². The van der Waals surface area contributed by atoms with Crippen molar-refractivity contribution in [2.45, 2.75) is 12.6 Å². The highest BCUT2D eigenvalue weighted by Crippen LogP contribution is 2.10. The highest BCUT2D eigenvalue weighted by atomic mass is 16.6. The van der Waals surface area contributed by atoms with E-state index in [1.54, 1.807) is 54.6 Å². The number of nitrogens with two attached hydrogens (primary N) is 1. The second-order valence-corrected chi connectivity index (χ2v) is 5.03. The predicted octanol–water partition coefficient (Wildman–Crippen LogP) is 0.779. The van der Waals surface area contributed by atoms with Crippen LogP contribution in [-0.2, 0) is 25.7 Å². The third kappa shape index (κ3) is 5.74. The van der Waals surface area contributed by atoms with Gasteiger partial charge >= 0.3 is 11.9 Å². The van der Waals surface area contributed by atoms with Gasteiger partial charge in [0.2, 0.25) is 11.9 Å². The Labute approximate surface area is 144 Å². The van der Waals surface area contributed by atoms with Crippen LogP contribution in [0.1, 0.15) is 5.56 Å². The highest BCUT2D eigenvalue weighted by molar-refractivity contribution is 6.03. The van der Waals surface area contributed by atoms with Crippen LogP contribution in [0.5, 0.6) is 5.75 Å². The normalized spacial score (nSPS) is 11.2. The molecule has 0 heterocycles. The monoisotopic (exact) mass is 342 g/mol. The molecule has 1 atom stereocenters. The van der Waals surface area contributed by atoms with Crippen LogP contribution in [0.15, 0.2) is 60.7 Å². The van der Waals surface area contributed by atoms with Crippen molar-refractivity contribution in [2.75, 3.05) is 6.54 Å².